The first-order valence-electron chi connectivity index (χ1n) is 4.20. The Morgan fingerprint density at radius 2 is 1.69 bits per heavy atom. The highest BCUT2D eigenvalue weighted by atomic mass is 19.4. The summed E-state index contributed by atoms with van der Waals surface area (Å²) in [6.45, 7) is 3.33. The Bertz CT molecular complexity index is 373. The van der Waals surface area contributed by atoms with Crippen molar-refractivity contribution in [1.29, 1.82) is 0 Å². The molecule has 0 aliphatic rings. The molecule has 86 valence electrons. The summed E-state index contributed by atoms with van der Waals surface area (Å²) >= 11 is 0. The highest BCUT2D eigenvalue weighted by Gasteiger charge is 2.30. The Hall–Kier alpha value is -1.47. The van der Waals surface area contributed by atoms with Crippen molar-refractivity contribution in [2.24, 2.45) is 0 Å². The Labute approximate surface area is 90.0 Å². The van der Waals surface area contributed by atoms with Crippen molar-refractivity contribution in [2.45, 2.75) is 6.18 Å². The molecule has 7 heteroatoms. The normalized spacial score (nSPS) is 11.1. The summed E-state index contributed by atoms with van der Waals surface area (Å²) in [5.74, 6) is -0.122. The zero-order valence-electron chi connectivity index (χ0n) is 8.03. The molecule has 0 aliphatic carbocycles. The van der Waals surface area contributed by atoms with Gasteiger partial charge in [-0.3, -0.25) is 0 Å². The summed E-state index contributed by atoms with van der Waals surface area (Å²) in [6, 6.07) is 3.97. The van der Waals surface area contributed by atoms with Crippen molar-refractivity contribution >= 4 is 13.1 Å². The standard InChI is InChI=1S/C9H8BF3O3/c1-6(16-10(14)15)7-2-4-8(5-3-7)9(11,12)13/h2-5,14-15H,1H2. The van der Waals surface area contributed by atoms with Crippen LogP contribution in [0.4, 0.5) is 13.2 Å². The first-order valence-corrected chi connectivity index (χ1v) is 4.20. The van der Waals surface area contributed by atoms with E-state index in [1.165, 1.54) is 0 Å². The fourth-order valence-electron chi connectivity index (χ4n) is 1.04. The zero-order valence-corrected chi connectivity index (χ0v) is 8.03. The molecule has 0 aliphatic heterocycles. The molecule has 0 saturated carbocycles. The van der Waals surface area contributed by atoms with Gasteiger partial charge in [0.05, 0.1) is 5.56 Å². The van der Waals surface area contributed by atoms with Gasteiger partial charge in [-0.25, -0.2) is 0 Å². The van der Waals surface area contributed by atoms with Crippen molar-refractivity contribution < 1.29 is 27.9 Å². The summed E-state index contributed by atoms with van der Waals surface area (Å²) in [5.41, 5.74) is -0.560. The van der Waals surface area contributed by atoms with Gasteiger partial charge in [0.1, 0.15) is 5.76 Å². The molecule has 0 radical (unpaired) electrons. The second kappa shape index (κ2) is 4.59. The monoisotopic (exact) mass is 232 g/mol. The van der Waals surface area contributed by atoms with E-state index in [2.05, 4.69) is 11.2 Å². The minimum atomic E-state index is -4.41. The number of benzene rings is 1. The molecule has 0 spiro atoms. The number of alkyl halides is 3. The second-order valence-corrected chi connectivity index (χ2v) is 2.94. The Morgan fingerprint density at radius 1 is 1.19 bits per heavy atom. The van der Waals surface area contributed by atoms with Crippen LogP contribution in [0, 0.1) is 0 Å². The van der Waals surface area contributed by atoms with Crippen LogP contribution in [0.2, 0.25) is 0 Å². The average Bonchev–Trinajstić information content (AvgIpc) is 2.15. The van der Waals surface area contributed by atoms with E-state index in [4.69, 9.17) is 10.0 Å². The van der Waals surface area contributed by atoms with Crippen molar-refractivity contribution in [3.05, 3.63) is 42.0 Å². The van der Waals surface area contributed by atoms with E-state index in [1.807, 2.05) is 0 Å². The summed E-state index contributed by atoms with van der Waals surface area (Å²) in [5, 5.41) is 16.9. The van der Waals surface area contributed by atoms with Crippen LogP contribution >= 0.6 is 0 Å². The maximum absolute atomic E-state index is 12.2. The van der Waals surface area contributed by atoms with E-state index in [0.717, 1.165) is 24.3 Å². The van der Waals surface area contributed by atoms with Crippen molar-refractivity contribution in [3.8, 4) is 0 Å². The minimum Gasteiger partial charge on any atom is -0.512 e. The van der Waals surface area contributed by atoms with Gasteiger partial charge in [0.2, 0.25) is 0 Å². The van der Waals surface area contributed by atoms with Gasteiger partial charge >= 0.3 is 13.5 Å². The van der Waals surface area contributed by atoms with Gasteiger partial charge in [0, 0.05) is 5.56 Å². The molecule has 0 unspecified atom stereocenters. The fourth-order valence-corrected chi connectivity index (χ4v) is 1.04. The van der Waals surface area contributed by atoms with Crippen LogP contribution < -0.4 is 0 Å². The molecular formula is C9H8BF3O3. The Kier molecular flexibility index (Phi) is 3.61. The lowest BCUT2D eigenvalue weighted by Gasteiger charge is -2.10. The first kappa shape index (κ1) is 12.6. The van der Waals surface area contributed by atoms with Crippen molar-refractivity contribution in [2.75, 3.05) is 0 Å². The number of rotatable bonds is 3. The third kappa shape index (κ3) is 3.28. The predicted octanol–water partition coefficient (Wildman–Crippen LogP) is 1.66. The molecule has 3 nitrogen and oxygen atoms in total. The molecule has 0 fully saturated rings. The van der Waals surface area contributed by atoms with Crippen LogP contribution in [0.1, 0.15) is 11.1 Å². The maximum atomic E-state index is 12.2. The SMILES string of the molecule is C=C(OB(O)O)c1ccc(C(F)(F)F)cc1. The molecule has 0 amide bonds. The molecule has 0 saturated heterocycles. The number of hydrogen-bond donors (Lipinski definition) is 2. The zero-order chi connectivity index (χ0) is 12.3. The molecule has 1 aromatic carbocycles. The molecule has 0 atom stereocenters. The highest BCUT2D eigenvalue weighted by Crippen LogP contribution is 2.29. The molecule has 16 heavy (non-hydrogen) atoms. The first-order chi connectivity index (χ1) is 7.30. The summed E-state index contributed by atoms with van der Waals surface area (Å²) in [7, 11) is -2.05. The number of hydrogen-bond acceptors (Lipinski definition) is 3. The third-order valence-corrected chi connectivity index (χ3v) is 1.78. The maximum Gasteiger partial charge on any atom is 0.707 e. The van der Waals surface area contributed by atoms with Gasteiger partial charge in [-0.15, -0.1) is 0 Å². The largest absolute Gasteiger partial charge is 0.707 e. The van der Waals surface area contributed by atoms with Crippen molar-refractivity contribution in [1.82, 2.24) is 0 Å². The lowest BCUT2D eigenvalue weighted by Crippen LogP contribution is -2.15. The highest BCUT2D eigenvalue weighted by molar-refractivity contribution is 6.34. The predicted molar refractivity (Wildman–Crippen MR) is 51.8 cm³/mol. The van der Waals surface area contributed by atoms with Crippen LogP contribution in [-0.2, 0) is 10.8 Å². The minimum absolute atomic E-state index is 0.122. The summed E-state index contributed by atoms with van der Waals surface area (Å²) in [4.78, 5) is 0. The van der Waals surface area contributed by atoms with Gasteiger partial charge in [-0.1, -0.05) is 18.7 Å². The quantitative estimate of drug-likeness (QED) is 0.615. The Balaban J connectivity index is 2.83. The van der Waals surface area contributed by atoms with E-state index >= 15 is 0 Å². The van der Waals surface area contributed by atoms with Gasteiger partial charge in [-0.2, -0.15) is 13.2 Å². The van der Waals surface area contributed by atoms with Crippen LogP contribution in [-0.4, -0.2) is 17.4 Å². The lowest BCUT2D eigenvalue weighted by molar-refractivity contribution is -0.137. The van der Waals surface area contributed by atoms with Crippen LogP contribution in [0.5, 0.6) is 0 Å². The van der Waals surface area contributed by atoms with E-state index in [9.17, 15) is 13.2 Å². The van der Waals surface area contributed by atoms with E-state index in [-0.39, 0.29) is 11.3 Å². The molecule has 0 aromatic heterocycles. The topological polar surface area (TPSA) is 49.7 Å². The molecular weight excluding hydrogens is 224 g/mol. The molecule has 0 bridgehead atoms. The molecule has 1 aromatic rings. The number of halogens is 3. The average molecular weight is 232 g/mol. The second-order valence-electron chi connectivity index (χ2n) is 2.94. The summed E-state index contributed by atoms with van der Waals surface area (Å²) < 4.78 is 41.0. The smallest absolute Gasteiger partial charge is 0.512 e. The molecule has 2 N–H and O–H groups in total. The summed E-state index contributed by atoms with van der Waals surface area (Å²) in [6.07, 6.45) is -4.41. The van der Waals surface area contributed by atoms with E-state index < -0.39 is 19.1 Å². The van der Waals surface area contributed by atoms with Crippen LogP contribution in [0.3, 0.4) is 0 Å². The van der Waals surface area contributed by atoms with Crippen molar-refractivity contribution in [3.63, 3.8) is 0 Å². The van der Waals surface area contributed by atoms with Gasteiger partial charge in [0.25, 0.3) is 0 Å². The van der Waals surface area contributed by atoms with Gasteiger partial charge < -0.3 is 14.7 Å². The lowest BCUT2D eigenvalue weighted by atomic mass is 10.1. The molecule has 0 heterocycles. The Morgan fingerprint density at radius 3 is 2.06 bits per heavy atom. The van der Waals surface area contributed by atoms with Gasteiger partial charge in [0.15, 0.2) is 0 Å². The van der Waals surface area contributed by atoms with Crippen LogP contribution in [0.25, 0.3) is 5.76 Å². The third-order valence-electron chi connectivity index (χ3n) is 1.78. The molecule has 1 rings (SSSR count). The van der Waals surface area contributed by atoms with Crippen LogP contribution in [0.15, 0.2) is 30.8 Å². The van der Waals surface area contributed by atoms with E-state index in [1.54, 1.807) is 0 Å². The van der Waals surface area contributed by atoms with Gasteiger partial charge in [-0.05, 0) is 12.1 Å². The fraction of sp³-hybridized carbons (Fsp3) is 0.111. The van der Waals surface area contributed by atoms with E-state index in [0.29, 0.717) is 0 Å².